The Morgan fingerprint density at radius 3 is 1.98 bits per heavy atom. The van der Waals surface area contributed by atoms with E-state index < -0.39 is 0 Å². The molecule has 0 atom stereocenters. The number of furan rings is 1. The van der Waals surface area contributed by atoms with E-state index in [1.54, 1.807) is 0 Å². The number of hydrogen-bond acceptors (Lipinski definition) is 4. The molecule has 0 bridgehead atoms. The van der Waals surface area contributed by atoms with E-state index in [4.69, 9.17) is 14.4 Å². The first-order valence-corrected chi connectivity index (χ1v) is 15.5. The van der Waals surface area contributed by atoms with Crippen molar-refractivity contribution < 1.29 is 4.42 Å². The number of nitrogens with zero attached hydrogens (tertiary/aromatic N) is 2. The number of hydrogen-bond donors (Lipinski definition) is 0. The second kappa shape index (κ2) is 10.0. The van der Waals surface area contributed by atoms with Gasteiger partial charge in [-0.2, -0.15) is 0 Å². The van der Waals surface area contributed by atoms with Crippen LogP contribution < -0.4 is 0 Å². The first-order valence-electron chi connectivity index (χ1n) is 14.7. The first kappa shape index (κ1) is 25.0. The van der Waals surface area contributed by atoms with Gasteiger partial charge in [0.2, 0.25) is 0 Å². The van der Waals surface area contributed by atoms with E-state index in [2.05, 4.69) is 97.1 Å². The molecule has 3 heterocycles. The van der Waals surface area contributed by atoms with Gasteiger partial charge < -0.3 is 4.42 Å². The Balaban J connectivity index is 1.19. The Morgan fingerprint density at radius 1 is 0.455 bits per heavy atom. The predicted molar refractivity (Wildman–Crippen MR) is 184 cm³/mol. The molecule has 0 amide bonds. The SMILES string of the molecule is c1ccc(-c2nc(-c3ccc(-c4ccccc4-c4cccc5c4sc4ccccc45)cc3)c3oc4ccccc4c3n2)cc1. The third-order valence-electron chi connectivity index (χ3n) is 8.34. The second-order valence-corrected chi connectivity index (χ2v) is 12.0. The summed E-state index contributed by atoms with van der Waals surface area (Å²) in [5.41, 5.74) is 9.94. The Kier molecular flexibility index (Phi) is 5.68. The summed E-state index contributed by atoms with van der Waals surface area (Å²) in [4.78, 5) is 10.0. The molecule has 0 N–H and O–H groups in total. The monoisotopic (exact) mass is 580 g/mol. The zero-order chi connectivity index (χ0) is 29.0. The molecule has 206 valence electrons. The summed E-state index contributed by atoms with van der Waals surface area (Å²) in [5, 5.41) is 3.61. The normalized spacial score (nSPS) is 11.6. The second-order valence-electron chi connectivity index (χ2n) is 10.9. The molecule has 0 aliphatic heterocycles. The van der Waals surface area contributed by atoms with E-state index in [1.165, 1.54) is 36.9 Å². The van der Waals surface area contributed by atoms with Crippen molar-refractivity contribution in [1.29, 1.82) is 0 Å². The fraction of sp³-hybridized carbons (Fsp3) is 0. The lowest BCUT2D eigenvalue weighted by Crippen LogP contribution is -1.94. The highest BCUT2D eigenvalue weighted by molar-refractivity contribution is 7.26. The lowest BCUT2D eigenvalue weighted by molar-refractivity contribution is 0.667. The Hall–Kier alpha value is -5.58. The molecule has 44 heavy (non-hydrogen) atoms. The van der Waals surface area contributed by atoms with Gasteiger partial charge in [0.05, 0.1) is 0 Å². The van der Waals surface area contributed by atoms with Gasteiger partial charge in [-0.15, -0.1) is 11.3 Å². The van der Waals surface area contributed by atoms with Crippen LogP contribution in [-0.2, 0) is 0 Å². The van der Waals surface area contributed by atoms with Crippen LogP contribution in [0.2, 0.25) is 0 Å². The molecule has 4 heteroatoms. The van der Waals surface area contributed by atoms with Gasteiger partial charge in [-0.3, -0.25) is 0 Å². The maximum absolute atomic E-state index is 6.36. The van der Waals surface area contributed by atoms with Crippen LogP contribution in [0.5, 0.6) is 0 Å². The molecule has 9 rings (SSSR count). The standard InChI is InChI=1S/C40H24N2OS/c1-2-11-27(12-3-1)40-41-36(38-37(42-40)33-16-6-8-19-34(33)43-38)26-23-21-25(22-24-26)28-13-4-5-14-29(28)31-17-10-18-32-30-15-7-9-20-35(30)44-39(31)32/h1-24H. The van der Waals surface area contributed by atoms with Crippen molar-refractivity contribution in [2.75, 3.05) is 0 Å². The molecule has 0 saturated heterocycles. The highest BCUT2D eigenvalue weighted by atomic mass is 32.1. The largest absolute Gasteiger partial charge is 0.452 e. The van der Waals surface area contributed by atoms with Crippen LogP contribution in [0.3, 0.4) is 0 Å². The average molecular weight is 581 g/mol. The molecule has 0 fully saturated rings. The summed E-state index contributed by atoms with van der Waals surface area (Å²) < 4.78 is 8.99. The van der Waals surface area contributed by atoms with Gasteiger partial charge in [-0.1, -0.05) is 127 Å². The van der Waals surface area contributed by atoms with Gasteiger partial charge >= 0.3 is 0 Å². The van der Waals surface area contributed by atoms with Crippen LogP contribution in [0.1, 0.15) is 0 Å². The number of aromatic nitrogens is 2. The zero-order valence-corrected chi connectivity index (χ0v) is 24.4. The van der Waals surface area contributed by atoms with E-state index >= 15 is 0 Å². The van der Waals surface area contributed by atoms with E-state index in [1.807, 2.05) is 59.9 Å². The summed E-state index contributed by atoms with van der Waals surface area (Å²) in [7, 11) is 0. The van der Waals surface area contributed by atoms with E-state index in [0.717, 1.165) is 38.9 Å². The van der Waals surface area contributed by atoms with Crippen molar-refractivity contribution in [2.45, 2.75) is 0 Å². The molecule has 0 saturated carbocycles. The molecular weight excluding hydrogens is 557 g/mol. The van der Waals surface area contributed by atoms with Crippen molar-refractivity contribution in [1.82, 2.24) is 9.97 Å². The zero-order valence-electron chi connectivity index (χ0n) is 23.6. The third-order valence-corrected chi connectivity index (χ3v) is 9.56. The molecule has 0 aliphatic carbocycles. The Morgan fingerprint density at radius 2 is 1.11 bits per heavy atom. The highest BCUT2D eigenvalue weighted by Gasteiger charge is 2.19. The minimum Gasteiger partial charge on any atom is -0.452 e. The molecule has 9 aromatic rings. The summed E-state index contributed by atoms with van der Waals surface area (Å²) in [5.74, 6) is 0.686. The molecule has 0 aliphatic rings. The van der Waals surface area contributed by atoms with E-state index in [9.17, 15) is 0 Å². The van der Waals surface area contributed by atoms with E-state index in [0.29, 0.717) is 11.4 Å². The topological polar surface area (TPSA) is 38.9 Å². The van der Waals surface area contributed by atoms with Crippen molar-refractivity contribution in [3.8, 4) is 44.9 Å². The molecule has 6 aromatic carbocycles. The molecular formula is C40H24N2OS. The van der Waals surface area contributed by atoms with Gasteiger partial charge in [0.25, 0.3) is 0 Å². The summed E-state index contributed by atoms with van der Waals surface area (Å²) >= 11 is 1.86. The van der Waals surface area contributed by atoms with E-state index in [-0.39, 0.29) is 0 Å². The van der Waals surface area contributed by atoms with Crippen molar-refractivity contribution in [2.24, 2.45) is 0 Å². The van der Waals surface area contributed by atoms with Crippen LogP contribution >= 0.6 is 11.3 Å². The first-order chi connectivity index (χ1) is 21.8. The Labute approximate surface area is 257 Å². The number of rotatable bonds is 4. The fourth-order valence-corrected chi connectivity index (χ4v) is 7.47. The van der Waals surface area contributed by atoms with Gasteiger partial charge in [0.1, 0.15) is 16.8 Å². The number of thiophene rings is 1. The summed E-state index contributed by atoms with van der Waals surface area (Å²) in [6.07, 6.45) is 0. The summed E-state index contributed by atoms with van der Waals surface area (Å²) in [6, 6.07) is 50.9. The lowest BCUT2D eigenvalue weighted by atomic mass is 9.93. The van der Waals surface area contributed by atoms with Crippen LogP contribution in [0.25, 0.3) is 87.1 Å². The number of fused-ring (bicyclic) bond motifs is 6. The maximum Gasteiger partial charge on any atom is 0.180 e. The molecule has 0 unspecified atom stereocenters. The third kappa shape index (κ3) is 3.96. The van der Waals surface area contributed by atoms with Gasteiger partial charge in [-0.25, -0.2) is 9.97 Å². The molecule has 0 spiro atoms. The number of benzene rings is 6. The fourth-order valence-electron chi connectivity index (χ4n) is 6.24. The average Bonchev–Trinajstić information content (AvgIpc) is 3.67. The predicted octanol–water partition coefficient (Wildman–Crippen LogP) is 11.4. The van der Waals surface area contributed by atoms with Gasteiger partial charge in [0.15, 0.2) is 11.4 Å². The Bertz CT molecular complexity index is 2490. The highest BCUT2D eigenvalue weighted by Crippen LogP contribution is 2.43. The van der Waals surface area contributed by atoms with Crippen molar-refractivity contribution in [3.63, 3.8) is 0 Å². The maximum atomic E-state index is 6.36. The van der Waals surface area contributed by atoms with Crippen molar-refractivity contribution in [3.05, 3.63) is 146 Å². The molecule has 3 aromatic heterocycles. The minimum absolute atomic E-state index is 0.686. The van der Waals surface area contributed by atoms with Crippen LogP contribution in [0, 0.1) is 0 Å². The van der Waals surface area contributed by atoms with Gasteiger partial charge in [-0.05, 0) is 34.9 Å². The van der Waals surface area contributed by atoms with Crippen molar-refractivity contribution >= 4 is 53.6 Å². The molecule has 0 radical (unpaired) electrons. The van der Waals surface area contributed by atoms with Crippen LogP contribution in [0.15, 0.2) is 150 Å². The lowest BCUT2D eigenvalue weighted by Gasteiger charge is -2.12. The summed E-state index contributed by atoms with van der Waals surface area (Å²) in [6.45, 7) is 0. The van der Waals surface area contributed by atoms with Crippen LogP contribution in [-0.4, -0.2) is 9.97 Å². The quantitative estimate of drug-likeness (QED) is 0.208. The van der Waals surface area contributed by atoms with Gasteiger partial charge in [0, 0.05) is 42.2 Å². The molecule has 3 nitrogen and oxygen atoms in total. The van der Waals surface area contributed by atoms with Crippen LogP contribution in [0.4, 0.5) is 0 Å². The smallest absolute Gasteiger partial charge is 0.180 e. The minimum atomic E-state index is 0.686. The number of para-hydroxylation sites is 1.